The van der Waals surface area contributed by atoms with Crippen LogP contribution in [0.15, 0.2) is 22.7 Å². The quantitative estimate of drug-likeness (QED) is 0.769. The van der Waals surface area contributed by atoms with Gasteiger partial charge in [0.1, 0.15) is 0 Å². The van der Waals surface area contributed by atoms with E-state index < -0.39 is 5.97 Å². The zero-order chi connectivity index (χ0) is 15.4. The topological polar surface area (TPSA) is 52.6 Å². The fraction of sp³-hybridized carbons (Fsp3) is 0.533. The molecule has 6 heteroatoms. The molecule has 1 saturated carbocycles. The van der Waals surface area contributed by atoms with E-state index in [9.17, 15) is 4.79 Å². The highest BCUT2D eigenvalue weighted by molar-refractivity contribution is 9.10. The van der Waals surface area contributed by atoms with Crippen molar-refractivity contribution in [2.24, 2.45) is 0 Å². The molecule has 4 nitrogen and oxygen atoms in total. The Morgan fingerprint density at radius 2 is 2.24 bits per heavy atom. The van der Waals surface area contributed by atoms with Crippen LogP contribution in [-0.4, -0.2) is 41.1 Å². The summed E-state index contributed by atoms with van der Waals surface area (Å²) in [4.78, 5) is 12.8. The molecule has 0 aromatic heterocycles. The number of aliphatic carboxylic acids is 1. The predicted molar refractivity (Wildman–Crippen MR) is 87.7 cm³/mol. The van der Waals surface area contributed by atoms with Crippen molar-refractivity contribution in [1.29, 1.82) is 0 Å². The third kappa shape index (κ3) is 4.68. The summed E-state index contributed by atoms with van der Waals surface area (Å²) in [6, 6.07) is 6.60. The van der Waals surface area contributed by atoms with Gasteiger partial charge in [-0.25, -0.2) is 0 Å². The van der Waals surface area contributed by atoms with Crippen LogP contribution in [0, 0.1) is 0 Å². The summed E-state index contributed by atoms with van der Waals surface area (Å²) in [6.45, 7) is 3.69. The number of carboxylic acids is 1. The molecule has 0 bridgehead atoms. The lowest BCUT2D eigenvalue weighted by Gasteiger charge is -2.42. The highest BCUT2D eigenvalue weighted by atomic mass is 79.9. The van der Waals surface area contributed by atoms with E-state index in [2.05, 4.69) is 21.2 Å². The highest BCUT2D eigenvalue weighted by Gasteiger charge is 2.33. The highest BCUT2D eigenvalue weighted by Crippen LogP contribution is 2.27. The van der Waals surface area contributed by atoms with Gasteiger partial charge in [0.2, 0.25) is 0 Å². The maximum Gasteiger partial charge on any atom is 0.317 e. The summed E-state index contributed by atoms with van der Waals surface area (Å²) in [5.74, 6) is -0.754. The van der Waals surface area contributed by atoms with Gasteiger partial charge in [0.25, 0.3) is 0 Å². The van der Waals surface area contributed by atoms with Gasteiger partial charge in [0.05, 0.1) is 6.54 Å². The molecule has 2 N–H and O–H groups in total. The minimum atomic E-state index is -0.754. The van der Waals surface area contributed by atoms with Crippen LogP contribution in [0.4, 0.5) is 0 Å². The lowest BCUT2D eigenvalue weighted by atomic mass is 9.85. The SMILES string of the molecule is CCN(CC(=O)O)C1CC(NCc2cc(Cl)ccc2Br)C1. The molecular formula is C15H20BrClN2O2. The molecule has 21 heavy (non-hydrogen) atoms. The fourth-order valence-corrected chi connectivity index (χ4v) is 3.24. The van der Waals surface area contributed by atoms with Gasteiger partial charge in [-0.1, -0.05) is 34.5 Å². The van der Waals surface area contributed by atoms with Crippen LogP contribution in [0.5, 0.6) is 0 Å². The average molecular weight is 376 g/mol. The van der Waals surface area contributed by atoms with Crippen molar-refractivity contribution in [2.45, 2.75) is 38.4 Å². The van der Waals surface area contributed by atoms with Crippen molar-refractivity contribution in [3.63, 3.8) is 0 Å². The monoisotopic (exact) mass is 374 g/mol. The second kappa shape index (κ2) is 7.58. The van der Waals surface area contributed by atoms with Crippen molar-refractivity contribution in [3.05, 3.63) is 33.3 Å². The van der Waals surface area contributed by atoms with Crippen molar-refractivity contribution in [1.82, 2.24) is 10.2 Å². The Bertz CT molecular complexity index is 506. The Morgan fingerprint density at radius 3 is 2.86 bits per heavy atom. The van der Waals surface area contributed by atoms with Crippen LogP contribution >= 0.6 is 27.5 Å². The van der Waals surface area contributed by atoms with Gasteiger partial charge < -0.3 is 10.4 Å². The molecule has 1 aliphatic carbocycles. The molecule has 1 fully saturated rings. The molecule has 0 heterocycles. The van der Waals surface area contributed by atoms with Crippen molar-refractivity contribution in [2.75, 3.05) is 13.1 Å². The Kier molecular flexibility index (Phi) is 6.05. The summed E-state index contributed by atoms with van der Waals surface area (Å²) < 4.78 is 1.05. The van der Waals surface area contributed by atoms with Gasteiger partial charge in [-0.2, -0.15) is 0 Å². The molecule has 1 aromatic rings. The number of carbonyl (C=O) groups is 1. The van der Waals surface area contributed by atoms with E-state index >= 15 is 0 Å². The Labute approximate surface area is 138 Å². The predicted octanol–water partition coefficient (Wildman–Crippen LogP) is 3.13. The molecule has 0 saturated heterocycles. The minimum Gasteiger partial charge on any atom is -0.480 e. The van der Waals surface area contributed by atoms with E-state index in [1.807, 2.05) is 30.0 Å². The molecule has 0 radical (unpaired) electrons. The molecule has 0 spiro atoms. The number of carboxylic acid groups (broad SMARTS) is 1. The van der Waals surface area contributed by atoms with E-state index in [0.717, 1.165) is 41.0 Å². The van der Waals surface area contributed by atoms with Gasteiger partial charge in [-0.3, -0.25) is 9.69 Å². The lowest BCUT2D eigenvalue weighted by Crippen LogP contribution is -2.53. The minimum absolute atomic E-state index is 0.133. The standard InChI is InChI=1S/C15H20BrClN2O2/c1-2-19(9-15(20)21)13-6-12(7-13)18-8-10-5-11(17)3-4-14(10)16/h3-5,12-13,18H,2,6-9H2,1H3,(H,20,21). The average Bonchev–Trinajstić information content (AvgIpc) is 2.38. The van der Waals surface area contributed by atoms with Crippen LogP contribution in [0.1, 0.15) is 25.3 Å². The zero-order valence-corrected chi connectivity index (χ0v) is 14.3. The molecule has 2 rings (SSSR count). The molecule has 1 aliphatic rings. The second-order valence-corrected chi connectivity index (χ2v) is 6.69. The van der Waals surface area contributed by atoms with Crippen LogP contribution in [0.3, 0.4) is 0 Å². The first-order chi connectivity index (χ1) is 9.99. The number of likely N-dealkylation sites (N-methyl/N-ethyl adjacent to an activating group) is 1. The van der Waals surface area contributed by atoms with E-state index in [1.165, 1.54) is 0 Å². The molecule has 116 valence electrons. The Hall–Kier alpha value is -0.620. The molecule has 0 unspecified atom stereocenters. The third-order valence-electron chi connectivity index (χ3n) is 3.96. The van der Waals surface area contributed by atoms with Crippen molar-refractivity contribution in [3.8, 4) is 0 Å². The van der Waals surface area contributed by atoms with E-state index in [4.69, 9.17) is 16.7 Å². The van der Waals surface area contributed by atoms with Crippen molar-refractivity contribution < 1.29 is 9.90 Å². The maximum absolute atomic E-state index is 10.8. The van der Waals surface area contributed by atoms with Crippen LogP contribution in [-0.2, 0) is 11.3 Å². The summed E-state index contributed by atoms with van der Waals surface area (Å²) in [6.07, 6.45) is 2.00. The molecule has 0 amide bonds. The number of nitrogens with zero attached hydrogens (tertiary/aromatic N) is 1. The third-order valence-corrected chi connectivity index (χ3v) is 4.97. The van der Waals surface area contributed by atoms with Crippen LogP contribution in [0.2, 0.25) is 5.02 Å². The Morgan fingerprint density at radius 1 is 1.52 bits per heavy atom. The van der Waals surface area contributed by atoms with Gasteiger partial charge in [-0.15, -0.1) is 0 Å². The van der Waals surface area contributed by atoms with E-state index in [-0.39, 0.29) is 6.54 Å². The lowest BCUT2D eigenvalue weighted by molar-refractivity contribution is -0.139. The van der Waals surface area contributed by atoms with E-state index in [0.29, 0.717) is 12.1 Å². The first-order valence-electron chi connectivity index (χ1n) is 7.12. The number of nitrogens with one attached hydrogen (secondary N) is 1. The van der Waals surface area contributed by atoms with Crippen molar-refractivity contribution >= 4 is 33.5 Å². The maximum atomic E-state index is 10.8. The second-order valence-electron chi connectivity index (χ2n) is 5.40. The number of rotatable bonds is 7. The first kappa shape index (κ1) is 16.7. The van der Waals surface area contributed by atoms with Crippen LogP contribution in [0.25, 0.3) is 0 Å². The summed E-state index contributed by atoms with van der Waals surface area (Å²) in [5, 5.41) is 13.1. The van der Waals surface area contributed by atoms with Crippen LogP contribution < -0.4 is 5.32 Å². The fourth-order valence-electron chi connectivity index (χ4n) is 2.66. The molecule has 1 aromatic carbocycles. The Balaban J connectivity index is 1.77. The summed E-state index contributed by atoms with van der Waals surface area (Å²) >= 11 is 9.52. The van der Waals surface area contributed by atoms with Gasteiger partial charge in [0, 0.05) is 28.1 Å². The number of benzene rings is 1. The zero-order valence-electron chi connectivity index (χ0n) is 12.0. The number of halogens is 2. The molecule has 0 atom stereocenters. The summed E-state index contributed by atoms with van der Waals surface area (Å²) in [5.41, 5.74) is 1.14. The normalized spacial score (nSPS) is 21.3. The molecular weight excluding hydrogens is 356 g/mol. The van der Waals surface area contributed by atoms with Gasteiger partial charge in [-0.05, 0) is 43.1 Å². The smallest absolute Gasteiger partial charge is 0.317 e. The number of hydrogen-bond acceptors (Lipinski definition) is 3. The van der Waals surface area contributed by atoms with E-state index in [1.54, 1.807) is 0 Å². The van der Waals surface area contributed by atoms with Gasteiger partial charge >= 0.3 is 5.97 Å². The summed E-state index contributed by atoms with van der Waals surface area (Å²) in [7, 11) is 0. The largest absolute Gasteiger partial charge is 0.480 e. The molecule has 0 aliphatic heterocycles. The first-order valence-corrected chi connectivity index (χ1v) is 8.29. The van der Waals surface area contributed by atoms with Gasteiger partial charge in [0.15, 0.2) is 0 Å². The number of hydrogen-bond donors (Lipinski definition) is 2.